The Morgan fingerprint density at radius 1 is 1.64 bits per heavy atom. The highest BCUT2D eigenvalue weighted by Crippen LogP contribution is 1.87. The zero-order valence-corrected chi connectivity index (χ0v) is 5.81. The predicted molar refractivity (Wildman–Crippen MR) is 32.8 cm³/mol. The minimum absolute atomic E-state index is 0.0972. The smallest absolute Gasteiger partial charge is 0.416 e. The molecule has 0 saturated carbocycles. The number of nitrogens with zero attached hydrogens (tertiary/aromatic N) is 1. The van der Waals surface area contributed by atoms with Crippen molar-refractivity contribution in [2.24, 2.45) is 0 Å². The summed E-state index contributed by atoms with van der Waals surface area (Å²) in [5.74, 6) is -1.28. The van der Waals surface area contributed by atoms with Gasteiger partial charge in [-0.1, -0.05) is 0 Å². The summed E-state index contributed by atoms with van der Waals surface area (Å²) in [6.45, 7) is -0.684. The van der Waals surface area contributed by atoms with Gasteiger partial charge in [0.05, 0.1) is 7.11 Å². The summed E-state index contributed by atoms with van der Waals surface area (Å²) in [5, 5.41) is 8.15. The monoisotopic (exact) mass is 161 g/mol. The van der Waals surface area contributed by atoms with Gasteiger partial charge in [0.2, 0.25) is 6.41 Å². The lowest BCUT2D eigenvalue weighted by Gasteiger charge is -2.09. The van der Waals surface area contributed by atoms with Crippen molar-refractivity contribution in [2.45, 2.75) is 0 Å². The van der Waals surface area contributed by atoms with Crippen LogP contribution in [0.4, 0.5) is 4.79 Å². The summed E-state index contributed by atoms with van der Waals surface area (Å²) < 4.78 is 4.10. The number of methoxy groups -OCH3 is 1. The molecule has 0 bridgehead atoms. The second kappa shape index (κ2) is 4.26. The predicted octanol–water partition coefficient (Wildman–Crippen LogP) is -0.704. The average molecular weight is 161 g/mol. The second-order valence-corrected chi connectivity index (χ2v) is 1.60. The van der Waals surface area contributed by atoms with Gasteiger partial charge in [-0.25, -0.2) is 9.69 Å². The zero-order chi connectivity index (χ0) is 8.85. The van der Waals surface area contributed by atoms with E-state index >= 15 is 0 Å². The Morgan fingerprint density at radius 3 is 2.45 bits per heavy atom. The number of rotatable bonds is 3. The molecule has 6 heteroatoms. The van der Waals surface area contributed by atoms with Gasteiger partial charge in [0.25, 0.3) is 0 Å². The Bertz CT molecular complexity index is 178. The van der Waals surface area contributed by atoms with Crippen molar-refractivity contribution in [3.05, 3.63) is 0 Å². The number of aliphatic carboxylic acids is 1. The van der Waals surface area contributed by atoms with Gasteiger partial charge in [0.1, 0.15) is 6.54 Å². The van der Waals surface area contributed by atoms with Gasteiger partial charge in [-0.15, -0.1) is 0 Å². The zero-order valence-electron chi connectivity index (χ0n) is 5.81. The molecule has 0 aromatic carbocycles. The maximum Gasteiger partial charge on any atom is 0.416 e. The molecule has 2 amide bonds. The van der Waals surface area contributed by atoms with Crippen molar-refractivity contribution >= 4 is 18.5 Å². The number of ether oxygens (including phenoxy) is 1. The molecular formula is C5H7NO5. The van der Waals surface area contributed by atoms with Crippen LogP contribution in [0.25, 0.3) is 0 Å². The fourth-order valence-corrected chi connectivity index (χ4v) is 0.408. The fourth-order valence-electron chi connectivity index (χ4n) is 0.408. The van der Waals surface area contributed by atoms with Crippen LogP contribution >= 0.6 is 0 Å². The van der Waals surface area contributed by atoms with Crippen molar-refractivity contribution in [2.75, 3.05) is 13.7 Å². The van der Waals surface area contributed by atoms with Gasteiger partial charge in [-0.05, 0) is 0 Å². The Balaban J connectivity index is 4.05. The van der Waals surface area contributed by atoms with Crippen molar-refractivity contribution in [3.63, 3.8) is 0 Å². The van der Waals surface area contributed by atoms with E-state index in [0.717, 1.165) is 7.11 Å². The Hall–Kier alpha value is -1.59. The van der Waals surface area contributed by atoms with Crippen LogP contribution in [0.2, 0.25) is 0 Å². The molecule has 0 rings (SSSR count). The number of carbonyl (C=O) groups excluding carboxylic acids is 2. The normalized spacial score (nSPS) is 8.45. The molecule has 0 heterocycles. The topological polar surface area (TPSA) is 83.9 Å². The molecule has 0 aliphatic heterocycles. The van der Waals surface area contributed by atoms with Gasteiger partial charge >= 0.3 is 12.1 Å². The third-order valence-corrected chi connectivity index (χ3v) is 0.842. The Labute approximate surface area is 62.4 Å². The molecule has 1 N–H and O–H groups in total. The Morgan fingerprint density at radius 2 is 2.18 bits per heavy atom. The van der Waals surface area contributed by atoms with Crippen LogP contribution in [0, 0.1) is 0 Å². The average Bonchev–Trinajstić information content (AvgIpc) is 1.98. The molecule has 0 radical (unpaired) electrons. The molecule has 0 aromatic heterocycles. The van der Waals surface area contributed by atoms with Gasteiger partial charge in [0, 0.05) is 0 Å². The van der Waals surface area contributed by atoms with Crippen molar-refractivity contribution in [1.29, 1.82) is 0 Å². The van der Waals surface area contributed by atoms with E-state index in [0.29, 0.717) is 4.90 Å². The highest BCUT2D eigenvalue weighted by molar-refractivity contribution is 5.85. The van der Waals surface area contributed by atoms with Crippen LogP contribution < -0.4 is 0 Å². The van der Waals surface area contributed by atoms with Gasteiger partial charge in [-0.2, -0.15) is 0 Å². The number of carbonyl (C=O) groups is 3. The maximum absolute atomic E-state index is 10.5. The lowest BCUT2D eigenvalue weighted by atomic mass is 10.6. The van der Waals surface area contributed by atoms with E-state index in [4.69, 9.17) is 5.11 Å². The Kier molecular flexibility index (Phi) is 3.65. The molecule has 0 aromatic rings. The quantitative estimate of drug-likeness (QED) is 0.553. The van der Waals surface area contributed by atoms with E-state index in [2.05, 4.69) is 4.74 Å². The molecule has 6 nitrogen and oxygen atoms in total. The minimum Gasteiger partial charge on any atom is -0.480 e. The van der Waals surface area contributed by atoms with E-state index in [1.165, 1.54) is 0 Å². The summed E-state index contributed by atoms with van der Waals surface area (Å²) >= 11 is 0. The molecule has 0 aliphatic rings. The SMILES string of the molecule is COC(=O)N(C=O)CC(=O)O. The van der Waals surface area contributed by atoms with Crippen LogP contribution in [0.1, 0.15) is 0 Å². The van der Waals surface area contributed by atoms with E-state index < -0.39 is 18.6 Å². The molecule has 0 unspecified atom stereocenters. The molecule has 0 saturated heterocycles. The first-order valence-electron chi connectivity index (χ1n) is 2.63. The number of imide groups is 1. The van der Waals surface area contributed by atoms with Crippen LogP contribution in [-0.4, -0.2) is 42.1 Å². The minimum atomic E-state index is -1.28. The number of hydrogen-bond acceptors (Lipinski definition) is 4. The lowest BCUT2D eigenvalue weighted by molar-refractivity contribution is -0.140. The molecule has 0 fully saturated rings. The van der Waals surface area contributed by atoms with Crippen LogP contribution in [0.3, 0.4) is 0 Å². The highest BCUT2D eigenvalue weighted by Gasteiger charge is 2.15. The first-order chi connectivity index (χ1) is 5.11. The number of carboxylic acids is 1. The third-order valence-electron chi connectivity index (χ3n) is 0.842. The molecule has 0 aliphatic carbocycles. The van der Waals surface area contributed by atoms with Crippen LogP contribution in [0.5, 0.6) is 0 Å². The molecule has 0 atom stereocenters. The summed E-state index contributed by atoms with van der Waals surface area (Å²) in [7, 11) is 1.06. The first kappa shape index (κ1) is 9.41. The van der Waals surface area contributed by atoms with Crippen molar-refractivity contribution in [3.8, 4) is 0 Å². The number of carboxylic acid groups (broad SMARTS) is 1. The van der Waals surface area contributed by atoms with Gasteiger partial charge < -0.3 is 9.84 Å². The summed E-state index contributed by atoms with van der Waals surface area (Å²) in [6.07, 6.45) is -0.887. The fraction of sp³-hybridized carbons (Fsp3) is 0.400. The first-order valence-corrected chi connectivity index (χ1v) is 2.63. The van der Waals surface area contributed by atoms with E-state index in [1.54, 1.807) is 0 Å². The number of amides is 2. The van der Waals surface area contributed by atoms with Crippen LogP contribution in [-0.2, 0) is 14.3 Å². The van der Waals surface area contributed by atoms with Gasteiger partial charge in [-0.3, -0.25) is 9.59 Å². The molecule has 0 spiro atoms. The standard InChI is InChI=1S/C5H7NO5/c1-11-5(10)6(3-7)2-4(8)9/h3H,2H2,1H3,(H,8,9). The molecule has 62 valence electrons. The summed E-state index contributed by atoms with van der Waals surface area (Å²) in [6, 6.07) is 0. The maximum atomic E-state index is 10.5. The highest BCUT2D eigenvalue weighted by atomic mass is 16.5. The second-order valence-electron chi connectivity index (χ2n) is 1.60. The van der Waals surface area contributed by atoms with Crippen molar-refractivity contribution in [1.82, 2.24) is 4.90 Å². The largest absolute Gasteiger partial charge is 0.480 e. The molecular weight excluding hydrogens is 154 g/mol. The number of hydrogen-bond donors (Lipinski definition) is 1. The third kappa shape index (κ3) is 3.19. The van der Waals surface area contributed by atoms with Crippen LogP contribution in [0.15, 0.2) is 0 Å². The van der Waals surface area contributed by atoms with E-state index in [1.807, 2.05) is 0 Å². The van der Waals surface area contributed by atoms with E-state index in [9.17, 15) is 14.4 Å². The van der Waals surface area contributed by atoms with Crippen molar-refractivity contribution < 1.29 is 24.2 Å². The molecule has 11 heavy (non-hydrogen) atoms. The van der Waals surface area contributed by atoms with Gasteiger partial charge in [0.15, 0.2) is 0 Å². The van der Waals surface area contributed by atoms with E-state index in [-0.39, 0.29) is 6.41 Å². The lowest BCUT2D eigenvalue weighted by Crippen LogP contribution is -2.34. The summed E-state index contributed by atoms with van der Waals surface area (Å²) in [5.41, 5.74) is 0. The summed E-state index contributed by atoms with van der Waals surface area (Å²) in [4.78, 5) is 30.9.